The van der Waals surface area contributed by atoms with E-state index < -0.39 is 11.8 Å². The van der Waals surface area contributed by atoms with Gasteiger partial charge in [-0.3, -0.25) is 14.6 Å². The topological polar surface area (TPSA) is 104 Å². The van der Waals surface area contributed by atoms with Crippen molar-refractivity contribution in [3.63, 3.8) is 0 Å². The van der Waals surface area contributed by atoms with E-state index in [0.29, 0.717) is 22.4 Å². The monoisotopic (exact) mass is 367 g/mol. The third-order valence-electron chi connectivity index (χ3n) is 4.50. The highest BCUT2D eigenvalue weighted by Crippen LogP contribution is 2.18. The first-order chi connectivity index (χ1) is 13.0. The van der Waals surface area contributed by atoms with Crippen molar-refractivity contribution in [2.24, 2.45) is 5.92 Å². The van der Waals surface area contributed by atoms with Gasteiger partial charge in [0.25, 0.3) is 5.91 Å². The number of nitrogens with one attached hydrogen (secondary N) is 3. The maximum absolute atomic E-state index is 12.8. The van der Waals surface area contributed by atoms with E-state index in [-0.39, 0.29) is 17.7 Å². The SMILES string of the molecule is CCC(C)C(NC(=O)c1ccccc1)C(=O)Nc1ccc2oc(=O)[nH]c2c1. The molecule has 27 heavy (non-hydrogen) atoms. The van der Waals surface area contributed by atoms with E-state index in [1.807, 2.05) is 19.9 Å². The van der Waals surface area contributed by atoms with Gasteiger partial charge >= 0.3 is 5.76 Å². The van der Waals surface area contributed by atoms with Gasteiger partial charge in [-0.15, -0.1) is 0 Å². The van der Waals surface area contributed by atoms with Crippen molar-refractivity contribution in [1.29, 1.82) is 0 Å². The Morgan fingerprint density at radius 2 is 1.89 bits per heavy atom. The Labute approximate surface area is 155 Å². The van der Waals surface area contributed by atoms with Crippen LogP contribution in [0.3, 0.4) is 0 Å². The number of aromatic amines is 1. The smallest absolute Gasteiger partial charge is 0.408 e. The molecule has 0 aliphatic carbocycles. The zero-order valence-corrected chi connectivity index (χ0v) is 15.1. The number of fused-ring (bicyclic) bond motifs is 1. The van der Waals surface area contributed by atoms with E-state index in [9.17, 15) is 14.4 Å². The second-order valence-electron chi connectivity index (χ2n) is 6.42. The molecular formula is C20H21N3O4. The van der Waals surface area contributed by atoms with Crippen LogP contribution < -0.4 is 16.4 Å². The van der Waals surface area contributed by atoms with E-state index >= 15 is 0 Å². The van der Waals surface area contributed by atoms with Gasteiger partial charge in [-0.25, -0.2) is 4.79 Å². The summed E-state index contributed by atoms with van der Waals surface area (Å²) in [5.74, 6) is -1.24. The summed E-state index contributed by atoms with van der Waals surface area (Å²) in [6.45, 7) is 3.87. The van der Waals surface area contributed by atoms with Gasteiger partial charge < -0.3 is 15.1 Å². The van der Waals surface area contributed by atoms with Crippen LogP contribution in [0.25, 0.3) is 11.1 Å². The molecule has 140 valence electrons. The predicted octanol–water partition coefficient (Wildman–Crippen LogP) is 2.90. The number of anilines is 1. The van der Waals surface area contributed by atoms with Crippen LogP contribution in [0, 0.1) is 5.92 Å². The molecule has 2 atom stereocenters. The molecule has 1 heterocycles. The molecule has 1 aromatic heterocycles. The van der Waals surface area contributed by atoms with Crippen molar-refractivity contribution in [1.82, 2.24) is 10.3 Å². The van der Waals surface area contributed by atoms with Crippen LogP contribution in [0.1, 0.15) is 30.6 Å². The van der Waals surface area contributed by atoms with Crippen molar-refractivity contribution in [2.45, 2.75) is 26.3 Å². The minimum Gasteiger partial charge on any atom is -0.408 e. The number of benzene rings is 2. The molecule has 0 saturated heterocycles. The van der Waals surface area contributed by atoms with Crippen LogP contribution in [0.2, 0.25) is 0 Å². The third-order valence-corrected chi connectivity index (χ3v) is 4.50. The highest BCUT2D eigenvalue weighted by molar-refractivity contribution is 6.01. The van der Waals surface area contributed by atoms with Crippen molar-refractivity contribution in [3.05, 3.63) is 64.6 Å². The number of amides is 2. The van der Waals surface area contributed by atoms with Crippen LogP contribution in [0.15, 0.2) is 57.7 Å². The second kappa shape index (κ2) is 7.90. The number of carbonyl (C=O) groups is 2. The molecule has 0 fully saturated rings. The largest absolute Gasteiger partial charge is 0.417 e. The summed E-state index contributed by atoms with van der Waals surface area (Å²) >= 11 is 0. The van der Waals surface area contributed by atoms with Crippen LogP contribution in [0.5, 0.6) is 0 Å². The molecule has 7 nitrogen and oxygen atoms in total. The van der Waals surface area contributed by atoms with E-state index in [0.717, 1.165) is 6.42 Å². The Bertz CT molecular complexity index is 1010. The number of H-pyrrole nitrogens is 1. The van der Waals surface area contributed by atoms with Gasteiger partial charge in [0.05, 0.1) is 5.52 Å². The number of hydrogen-bond donors (Lipinski definition) is 3. The molecule has 2 amide bonds. The molecule has 0 radical (unpaired) electrons. The molecular weight excluding hydrogens is 346 g/mol. The first-order valence-electron chi connectivity index (χ1n) is 8.77. The highest BCUT2D eigenvalue weighted by atomic mass is 16.4. The van der Waals surface area contributed by atoms with E-state index in [2.05, 4.69) is 15.6 Å². The summed E-state index contributed by atoms with van der Waals surface area (Å²) in [6, 6.07) is 12.9. The first kappa shape index (κ1) is 18.4. The Hall–Kier alpha value is -3.35. The fraction of sp³-hybridized carbons (Fsp3) is 0.250. The summed E-state index contributed by atoms with van der Waals surface area (Å²) in [5.41, 5.74) is 1.91. The van der Waals surface area contributed by atoms with Crippen molar-refractivity contribution < 1.29 is 14.0 Å². The average molecular weight is 367 g/mol. The molecule has 0 aliphatic heterocycles. The summed E-state index contributed by atoms with van der Waals surface area (Å²) in [6.07, 6.45) is 0.723. The lowest BCUT2D eigenvalue weighted by molar-refractivity contribution is -0.119. The van der Waals surface area contributed by atoms with Crippen LogP contribution in [-0.4, -0.2) is 22.8 Å². The third kappa shape index (κ3) is 4.25. The number of aromatic nitrogens is 1. The molecule has 3 aromatic rings. The molecule has 2 aromatic carbocycles. The maximum atomic E-state index is 12.8. The molecule has 0 spiro atoms. The zero-order chi connectivity index (χ0) is 19.4. The Morgan fingerprint density at radius 3 is 2.59 bits per heavy atom. The molecule has 7 heteroatoms. The van der Waals surface area contributed by atoms with Gasteiger partial charge in [-0.05, 0) is 36.2 Å². The molecule has 0 aliphatic rings. The van der Waals surface area contributed by atoms with E-state index in [1.165, 1.54) is 0 Å². The van der Waals surface area contributed by atoms with Crippen LogP contribution in [0.4, 0.5) is 5.69 Å². The lowest BCUT2D eigenvalue weighted by Crippen LogP contribution is -2.47. The average Bonchev–Trinajstić information content (AvgIpc) is 3.05. The minimum absolute atomic E-state index is 0.0601. The molecule has 0 saturated carbocycles. The predicted molar refractivity (Wildman–Crippen MR) is 103 cm³/mol. The van der Waals surface area contributed by atoms with Crippen molar-refractivity contribution in [2.75, 3.05) is 5.32 Å². The molecule has 0 bridgehead atoms. The van der Waals surface area contributed by atoms with Crippen LogP contribution in [-0.2, 0) is 4.79 Å². The fourth-order valence-corrected chi connectivity index (χ4v) is 2.77. The summed E-state index contributed by atoms with van der Waals surface area (Å²) in [4.78, 5) is 39.1. The quantitative estimate of drug-likeness (QED) is 0.623. The van der Waals surface area contributed by atoms with Crippen molar-refractivity contribution >= 4 is 28.6 Å². The molecule has 3 rings (SSSR count). The van der Waals surface area contributed by atoms with Crippen molar-refractivity contribution in [3.8, 4) is 0 Å². The maximum Gasteiger partial charge on any atom is 0.417 e. The summed E-state index contributed by atoms with van der Waals surface area (Å²) < 4.78 is 4.95. The fourth-order valence-electron chi connectivity index (χ4n) is 2.77. The van der Waals surface area contributed by atoms with Gasteiger partial charge in [0.15, 0.2) is 5.58 Å². The molecule has 2 unspecified atom stereocenters. The van der Waals surface area contributed by atoms with Gasteiger partial charge in [-0.1, -0.05) is 38.5 Å². The highest BCUT2D eigenvalue weighted by Gasteiger charge is 2.26. The lowest BCUT2D eigenvalue weighted by Gasteiger charge is -2.23. The van der Waals surface area contributed by atoms with Gasteiger partial charge in [0, 0.05) is 11.3 Å². The molecule has 3 N–H and O–H groups in total. The Balaban J connectivity index is 1.77. The summed E-state index contributed by atoms with van der Waals surface area (Å²) in [7, 11) is 0. The Kier molecular flexibility index (Phi) is 5.40. The normalized spacial score (nSPS) is 13.1. The second-order valence-corrected chi connectivity index (χ2v) is 6.42. The van der Waals surface area contributed by atoms with Gasteiger partial charge in [0.2, 0.25) is 5.91 Å². The van der Waals surface area contributed by atoms with Gasteiger partial charge in [0.1, 0.15) is 6.04 Å². The summed E-state index contributed by atoms with van der Waals surface area (Å²) in [5, 5.41) is 5.62. The number of carbonyl (C=O) groups excluding carboxylic acids is 2. The standard InChI is InChI=1S/C20H21N3O4/c1-3-12(2)17(23-18(24)13-7-5-4-6-8-13)19(25)21-14-9-10-16-15(11-14)22-20(26)27-16/h4-12,17H,3H2,1-2H3,(H,21,25)(H,22,26)(H,23,24). The van der Waals surface area contributed by atoms with E-state index in [4.69, 9.17) is 4.42 Å². The minimum atomic E-state index is -0.693. The van der Waals surface area contributed by atoms with Crippen LogP contribution >= 0.6 is 0 Å². The number of hydrogen-bond acceptors (Lipinski definition) is 4. The van der Waals surface area contributed by atoms with Gasteiger partial charge in [-0.2, -0.15) is 0 Å². The first-order valence-corrected chi connectivity index (χ1v) is 8.77. The zero-order valence-electron chi connectivity index (χ0n) is 15.1. The number of rotatable bonds is 6. The van der Waals surface area contributed by atoms with E-state index in [1.54, 1.807) is 42.5 Å². The lowest BCUT2D eigenvalue weighted by atomic mass is 9.97. The number of oxazole rings is 1. The Morgan fingerprint density at radius 1 is 1.15 bits per heavy atom.